The molecule has 3 aromatic rings. The lowest BCUT2D eigenvalue weighted by molar-refractivity contribution is -0.110. The second-order valence-electron chi connectivity index (χ2n) is 7.59. The van der Waals surface area contributed by atoms with Crippen LogP contribution in [0.1, 0.15) is 44.9 Å². The first-order valence-electron chi connectivity index (χ1n) is 11.6. The number of carbonyl (C=O) groups excluding carboxylic acids is 1. The Labute approximate surface area is 203 Å². The molecule has 4 rings (SSSR count). The van der Waals surface area contributed by atoms with Gasteiger partial charge in [-0.05, 0) is 47.4 Å². The van der Waals surface area contributed by atoms with Gasteiger partial charge in [0.05, 0.1) is 11.7 Å². The van der Waals surface area contributed by atoms with Crippen LogP contribution in [0.2, 0.25) is 0 Å². The second kappa shape index (κ2) is 14.3. The molecule has 1 amide bonds. The average Bonchev–Trinajstić information content (AvgIpc) is 3.09. The summed E-state index contributed by atoms with van der Waals surface area (Å²) >= 11 is 0. The SMILES string of the molecule is CC.CC(NC=O)c1ccccc1.CC1C=CC=C(N=Cc2c(O)ccc3ccccc23)C=C1. The number of benzene rings is 3. The van der Waals surface area contributed by atoms with Crippen molar-refractivity contribution < 1.29 is 9.90 Å². The number of amides is 1. The van der Waals surface area contributed by atoms with Crippen molar-refractivity contribution in [1.82, 2.24) is 5.32 Å². The summed E-state index contributed by atoms with van der Waals surface area (Å²) in [6, 6.07) is 21.6. The standard InChI is InChI=1S/C19H17NO.C9H11NO.C2H6/c1-14-5-4-7-16(11-9-14)20-13-18-17-8-3-2-6-15(17)10-12-19(18)21;1-8(10-7-11)9-5-3-2-4-6-9;1-2/h2-14,21H,1H3;2-8H,1H3,(H,10,11);1-2H3. The number of nitrogens with one attached hydrogen (secondary N) is 1. The fourth-order valence-electron chi connectivity index (χ4n) is 3.28. The van der Waals surface area contributed by atoms with Crippen LogP contribution in [0, 0.1) is 5.92 Å². The molecule has 0 heterocycles. The minimum atomic E-state index is 0.105. The molecule has 34 heavy (non-hydrogen) atoms. The van der Waals surface area contributed by atoms with Gasteiger partial charge < -0.3 is 10.4 Å². The molecule has 0 saturated heterocycles. The number of phenols is 1. The molecule has 4 nitrogen and oxygen atoms in total. The smallest absolute Gasteiger partial charge is 0.207 e. The molecule has 0 spiro atoms. The molecule has 3 aromatic carbocycles. The number of nitrogens with zero attached hydrogens (tertiary/aromatic N) is 1. The van der Waals surface area contributed by atoms with Gasteiger partial charge in [0.15, 0.2) is 0 Å². The van der Waals surface area contributed by atoms with Gasteiger partial charge in [-0.25, -0.2) is 0 Å². The Kier molecular flexibility index (Phi) is 11.1. The topological polar surface area (TPSA) is 61.7 Å². The van der Waals surface area contributed by atoms with E-state index in [1.165, 1.54) is 0 Å². The molecule has 1 aliphatic carbocycles. The van der Waals surface area contributed by atoms with Crippen LogP contribution in [-0.2, 0) is 4.79 Å². The molecule has 0 aromatic heterocycles. The summed E-state index contributed by atoms with van der Waals surface area (Å²) in [4.78, 5) is 14.6. The number of aromatic hydroxyl groups is 1. The summed E-state index contributed by atoms with van der Waals surface area (Å²) in [6.45, 7) is 8.08. The maximum Gasteiger partial charge on any atom is 0.207 e. The first-order valence-corrected chi connectivity index (χ1v) is 11.6. The number of aliphatic imine (C=N–C) groups is 1. The zero-order valence-corrected chi connectivity index (χ0v) is 20.3. The fraction of sp³-hybridized carbons (Fsp3) is 0.200. The van der Waals surface area contributed by atoms with Gasteiger partial charge in [0, 0.05) is 11.8 Å². The molecule has 0 fully saturated rings. The lowest BCUT2D eigenvalue weighted by atomic mass is 10.0. The molecule has 0 aliphatic heterocycles. The van der Waals surface area contributed by atoms with Gasteiger partial charge >= 0.3 is 0 Å². The second-order valence-corrected chi connectivity index (χ2v) is 7.59. The van der Waals surface area contributed by atoms with E-state index in [9.17, 15) is 9.90 Å². The molecule has 4 heteroatoms. The van der Waals surface area contributed by atoms with Gasteiger partial charge in [-0.2, -0.15) is 0 Å². The highest BCUT2D eigenvalue weighted by atomic mass is 16.3. The van der Waals surface area contributed by atoms with Crippen LogP contribution in [0.25, 0.3) is 10.8 Å². The van der Waals surface area contributed by atoms with Gasteiger partial charge in [-0.3, -0.25) is 9.79 Å². The van der Waals surface area contributed by atoms with E-state index in [1.807, 2.05) is 99.7 Å². The molecule has 2 atom stereocenters. The number of carbonyl (C=O) groups is 1. The maximum absolute atomic E-state index is 10.1. The summed E-state index contributed by atoms with van der Waals surface area (Å²) in [6.07, 6.45) is 12.7. The maximum atomic E-state index is 10.1. The predicted molar refractivity (Wildman–Crippen MR) is 144 cm³/mol. The van der Waals surface area contributed by atoms with E-state index in [4.69, 9.17) is 0 Å². The van der Waals surface area contributed by atoms with Crippen molar-refractivity contribution in [3.05, 3.63) is 114 Å². The third-order valence-electron chi connectivity index (χ3n) is 5.16. The molecule has 0 bridgehead atoms. The molecule has 176 valence electrons. The lowest BCUT2D eigenvalue weighted by Gasteiger charge is -2.08. The van der Waals surface area contributed by atoms with Crippen molar-refractivity contribution in [1.29, 1.82) is 0 Å². The minimum Gasteiger partial charge on any atom is -0.507 e. The number of hydrogen-bond donors (Lipinski definition) is 2. The van der Waals surface area contributed by atoms with Crippen LogP contribution < -0.4 is 5.32 Å². The Hall–Kier alpha value is -3.92. The third kappa shape index (κ3) is 7.89. The monoisotopic (exact) mass is 454 g/mol. The Balaban J connectivity index is 0.000000266. The normalized spacial score (nSPS) is 15.3. The van der Waals surface area contributed by atoms with Crippen LogP contribution in [0.4, 0.5) is 0 Å². The molecule has 0 saturated carbocycles. The molecule has 0 radical (unpaired) electrons. The number of phenolic OH excluding ortho intramolecular Hbond substituents is 1. The highest BCUT2D eigenvalue weighted by Crippen LogP contribution is 2.26. The molecular weight excluding hydrogens is 420 g/mol. The number of fused-ring (bicyclic) bond motifs is 1. The number of hydrogen-bond acceptors (Lipinski definition) is 3. The van der Waals surface area contributed by atoms with E-state index in [0.29, 0.717) is 5.92 Å². The predicted octanol–water partition coefficient (Wildman–Crippen LogP) is 7.13. The third-order valence-corrected chi connectivity index (χ3v) is 5.16. The lowest BCUT2D eigenvalue weighted by Crippen LogP contribution is -2.15. The van der Waals surface area contributed by atoms with Gasteiger partial charge in [0.1, 0.15) is 5.75 Å². The van der Waals surface area contributed by atoms with Gasteiger partial charge in [0.25, 0.3) is 0 Å². The van der Waals surface area contributed by atoms with E-state index < -0.39 is 0 Å². The zero-order chi connectivity index (χ0) is 24.8. The van der Waals surface area contributed by atoms with E-state index in [1.54, 1.807) is 12.3 Å². The van der Waals surface area contributed by atoms with Gasteiger partial charge in [-0.1, -0.05) is 99.7 Å². The van der Waals surface area contributed by atoms with Crippen molar-refractivity contribution in [2.24, 2.45) is 10.9 Å². The molecule has 1 aliphatic rings. The molecular formula is C30H34N2O2. The van der Waals surface area contributed by atoms with E-state index in [0.717, 1.165) is 34.0 Å². The van der Waals surface area contributed by atoms with Crippen LogP contribution in [0.15, 0.2) is 108 Å². The van der Waals surface area contributed by atoms with E-state index >= 15 is 0 Å². The van der Waals surface area contributed by atoms with Gasteiger partial charge in [0.2, 0.25) is 6.41 Å². The summed E-state index contributed by atoms with van der Waals surface area (Å²) in [7, 11) is 0. The van der Waals surface area contributed by atoms with E-state index in [2.05, 4.69) is 29.4 Å². The van der Waals surface area contributed by atoms with Crippen LogP contribution >= 0.6 is 0 Å². The Morgan fingerprint density at radius 3 is 2.41 bits per heavy atom. The first-order chi connectivity index (χ1) is 16.6. The summed E-state index contributed by atoms with van der Waals surface area (Å²) in [5.41, 5.74) is 2.76. The minimum absolute atomic E-state index is 0.105. The highest BCUT2D eigenvalue weighted by molar-refractivity contribution is 6.02. The van der Waals surface area contributed by atoms with Crippen molar-refractivity contribution in [2.75, 3.05) is 0 Å². The summed E-state index contributed by atoms with van der Waals surface area (Å²) < 4.78 is 0. The number of allylic oxidation sites excluding steroid dienone is 5. The largest absolute Gasteiger partial charge is 0.507 e. The highest BCUT2D eigenvalue weighted by Gasteiger charge is 2.04. The Bertz CT molecular complexity index is 1160. The van der Waals surface area contributed by atoms with E-state index in [-0.39, 0.29) is 11.8 Å². The fourth-order valence-corrected chi connectivity index (χ4v) is 3.28. The Morgan fingerprint density at radius 1 is 0.971 bits per heavy atom. The molecule has 2 unspecified atom stereocenters. The Morgan fingerprint density at radius 2 is 1.68 bits per heavy atom. The zero-order valence-electron chi connectivity index (χ0n) is 20.3. The summed E-state index contributed by atoms with van der Waals surface area (Å²) in [5, 5.41) is 14.9. The number of rotatable bonds is 5. The van der Waals surface area contributed by atoms with Crippen molar-refractivity contribution >= 4 is 23.4 Å². The van der Waals surface area contributed by atoms with Crippen molar-refractivity contribution in [2.45, 2.75) is 33.7 Å². The van der Waals surface area contributed by atoms with Crippen molar-refractivity contribution in [3.63, 3.8) is 0 Å². The van der Waals surface area contributed by atoms with Crippen LogP contribution in [0.5, 0.6) is 5.75 Å². The van der Waals surface area contributed by atoms with Crippen molar-refractivity contribution in [3.8, 4) is 5.75 Å². The summed E-state index contributed by atoms with van der Waals surface area (Å²) in [5.74, 6) is 0.666. The van der Waals surface area contributed by atoms with Gasteiger partial charge in [-0.15, -0.1) is 0 Å². The average molecular weight is 455 g/mol. The van der Waals surface area contributed by atoms with Crippen LogP contribution in [-0.4, -0.2) is 17.7 Å². The molecule has 2 N–H and O–H groups in total. The quantitative estimate of drug-likeness (QED) is 0.318. The van der Waals surface area contributed by atoms with Crippen LogP contribution in [0.3, 0.4) is 0 Å². The first kappa shape index (κ1) is 26.3.